The van der Waals surface area contributed by atoms with Crippen LogP contribution in [0.1, 0.15) is 30.0 Å². The van der Waals surface area contributed by atoms with Crippen LogP contribution in [0.15, 0.2) is 42.5 Å². The van der Waals surface area contributed by atoms with Gasteiger partial charge in [-0.1, -0.05) is 25.1 Å². The number of methoxy groups -OCH3 is 1. The van der Waals surface area contributed by atoms with Gasteiger partial charge in [0.25, 0.3) is 0 Å². The molecule has 4 nitrogen and oxygen atoms in total. The highest BCUT2D eigenvalue weighted by Gasteiger charge is 2.12. The van der Waals surface area contributed by atoms with Crippen molar-refractivity contribution in [2.24, 2.45) is 0 Å². The molecule has 0 aromatic heterocycles. The second-order valence-corrected chi connectivity index (χ2v) is 5.47. The van der Waals surface area contributed by atoms with E-state index >= 15 is 0 Å². The van der Waals surface area contributed by atoms with Gasteiger partial charge in [0.05, 0.1) is 19.3 Å². The van der Waals surface area contributed by atoms with Crippen molar-refractivity contribution in [2.75, 3.05) is 13.7 Å². The lowest BCUT2D eigenvalue weighted by Gasteiger charge is -2.10. The van der Waals surface area contributed by atoms with Crippen LogP contribution in [0.3, 0.4) is 0 Å². The molecule has 2 aromatic rings. The number of carboxylic acid groups (broad SMARTS) is 1. The van der Waals surface area contributed by atoms with E-state index in [1.165, 1.54) is 0 Å². The second kappa shape index (κ2) is 8.20. The summed E-state index contributed by atoms with van der Waals surface area (Å²) in [6.07, 6.45) is 2.59. The minimum Gasteiger partial charge on any atom is -0.497 e. The van der Waals surface area contributed by atoms with E-state index in [4.69, 9.17) is 9.47 Å². The topological polar surface area (TPSA) is 55.8 Å². The summed E-state index contributed by atoms with van der Waals surface area (Å²) in [7, 11) is 1.60. The van der Waals surface area contributed by atoms with Gasteiger partial charge in [0.1, 0.15) is 11.5 Å². The van der Waals surface area contributed by atoms with E-state index in [0.717, 1.165) is 29.0 Å². The molecular formula is C20H22O4. The third kappa shape index (κ3) is 4.38. The zero-order valence-electron chi connectivity index (χ0n) is 14.2. The summed E-state index contributed by atoms with van der Waals surface area (Å²) in [6.45, 7) is 4.61. The van der Waals surface area contributed by atoms with Crippen LogP contribution in [0.5, 0.6) is 11.5 Å². The Balaban J connectivity index is 2.34. The molecule has 1 N–H and O–H groups in total. The van der Waals surface area contributed by atoms with E-state index in [-0.39, 0.29) is 5.57 Å². The maximum atomic E-state index is 11.7. The fourth-order valence-electron chi connectivity index (χ4n) is 2.33. The second-order valence-electron chi connectivity index (χ2n) is 5.47. The fourth-order valence-corrected chi connectivity index (χ4v) is 2.33. The fraction of sp³-hybridized carbons (Fsp3) is 0.250. The van der Waals surface area contributed by atoms with Gasteiger partial charge in [0.15, 0.2) is 0 Å². The Morgan fingerprint density at radius 3 is 2.42 bits per heavy atom. The van der Waals surface area contributed by atoms with Gasteiger partial charge in [0, 0.05) is 0 Å². The van der Waals surface area contributed by atoms with Crippen LogP contribution in [0.4, 0.5) is 0 Å². The summed E-state index contributed by atoms with van der Waals surface area (Å²) in [5.41, 5.74) is 2.62. The summed E-state index contributed by atoms with van der Waals surface area (Å²) in [5.74, 6) is 0.555. The number of ether oxygens (including phenoxy) is 2. The van der Waals surface area contributed by atoms with Crippen LogP contribution in [-0.2, 0) is 4.79 Å². The zero-order valence-corrected chi connectivity index (χ0v) is 14.2. The van der Waals surface area contributed by atoms with Crippen molar-refractivity contribution >= 4 is 17.6 Å². The first-order valence-electron chi connectivity index (χ1n) is 7.88. The molecule has 0 amide bonds. The van der Waals surface area contributed by atoms with Crippen molar-refractivity contribution in [3.05, 3.63) is 59.2 Å². The molecule has 0 spiro atoms. The molecule has 24 heavy (non-hydrogen) atoms. The van der Waals surface area contributed by atoms with Crippen molar-refractivity contribution in [3.63, 3.8) is 0 Å². The van der Waals surface area contributed by atoms with Crippen LogP contribution < -0.4 is 9.47 Å². The van der Waals surface area contributed by atoms with Gasteiger partial charge >= 0.3 is 5.97 Å². The van der Waals surface area contributed by atoms with Gasteiger partial charge < -0.3 is 14.6 Å². The predicted octanol–water partition coefficient (Wildman–Crippen LogP) is 4.42. The van der Waals surface area contributed by atoms with Crippen molar-refractivity contribution in [1.29, 1.82) is 0 Å². The summed E-state index contributed by atoms with van der Waals surface area (Å²) < 4.78 is 10.8. The number of aryl methyl sites for hydroxylation is 1. The Morgan fingerprint density at radius 2 is 1.88 bits per heavy atom. The van der Waals surface area contributed by atoms with Gasteiger partial charge in [-0.25, -0.2) is 4.79 Å². The number of aliphatic carboxylic acids is 1. The smallest absolute Gasteiger partial charge is 0.336 e. The normalized spacial score (nSPS) is 11.2. The highest BCUT2D eigenvalue weighted by atomic mass is 16.5. The molecule has 0 atom stereocenters. The van der Waals surface area contributed by atoms with Gasteiger partial charge in [-0.3, -0.25) is 0 Å². The molecule has 0 aliphatic rings. The van der Waals surface area contributed by atoms with Crippen molar-refractivity contribution in [1.82, 2.24) is 0 Å². The van der Waals surface area contributed by atoms with Gasteiger partial charge in [-0.15, -0.1) is 0 Å². The number of carboxylic acids is 1. The van der Waals surface area contributed by atoms with Crippen LogP contribution in [-0.4, -0.2) is 24.8 Å². The van der Waals surface area contributed by atoms with Gasteiger partial charge in [-0.05, 0) is 60.4 Å². The Hall–Kier alpha value is -2.75. The molecule has 4 heteroatoms. The molecule has 0 heterocycles. The van der Waals surface area contributed by atoms with E-state index in [0.29, 0.717) is 12.2 Å². The lowest BCUT2D eigenvalue weighted by atomic mass is 10.0. The average molecular weight is 326 g/mol. The molecule has 2 rings (SSSR count). The molecule has 2 aromatic carbocycles. The lowest BCUT2D eigenvalue weighted by Crippen LogP contribution is -2.02. The molecule has 0 fully saturated rings. The predicted molar refractivity (Wildman–Crippen MR) is 95.5 cm³/mol. The third-order valence-electron chi connectivity index (χ3n) is 3.60. The van der Waals surface area contributed by atoms with E-state index in [1.807, 2.05) is 38.1 Å². The summed E-state index contributed by atoms with van der Waals surface area (Å²) in [6, 6.07) is 12.7. The summed E-state index contributed by atoms with van der Waals surface area (Å²) >= 11 is 0. The Kier molecular flexibility index (Phi) is 6.01. The van der Waals surface area contributed by atoms with E-state index in [1.54, 1.807) is 31.4 Å². The molecule has 0 aliphatic heterocycles. The maximum absolute atomic E-state index is 11.7. The number of carbonyl (C=O) groups is 1. The van der Waals surface area contributed by atoms with Crippen LogP contribution in [0, 0.1) is 6.92 Å². The first-order valence-corrected chi connectivity index (χ1v) is 7.88. The molecular weight excluding hydrogens is 304 g/mol. The largest absolute Gasteiger partial charge is 0.497 e. The van der Waals surface area contributed by atoms with E-state index in [9.17, 15) is 9.90 Å². The molecule has 0 bridgehead atoms. The highest BCUT2D eigenvalue weighted by Crippen LogP contribution is 2.26. The molecule has 0 unspecified atom stereocenters. The van der Waals surface area contributed by atoms with Crippen molar-refractivity contribution in [2.45, 2.75) is 20.3 Å². The highest BCUT2D eigenvalue weighted by molar-refractivity contribution is 6.20. The summed E-state index contributed by atoms with van der Waals surface area (Å²) in [4.78, 5) is 11.7. The standard InChI is InChI=1S/C20H22O4/c1-4-11-24-19-10-7-16(12-14(19)2)18(20(21)22)13-15-5-8-17(23-3)9-6-15/h5-10,12-13H,4,11H2,1-3H3,(H,21,22)/b18-13-. The Bertz CT molecular complexity index is 730. The molecule has 126 valence electrons. The lowest BCUT2D eigenvalue weighted by molar-refractivity contribution is -0.130. The van der Waals surface area contributed by atoms with Crippen LogP contribution >= 0.6 is 0 Å². The first kappa shape index (κ1) is 17.6. The monoisotopic (exact) mass is 326 g/mol. The summed E-state index contributed by atoms with van der Waals surface area (Å²) in [5, 5.41) is 9.57. The van der Waals surface area contributed by atoms with Crippen LogP contribution in [0.25, 0.3) is 11.6 Å². The SMILES string of the molecule is CCCOc1ccc(/C(=C/c2ccc(OC)cc2)C(=O)O)cc1C. The number of hydrogen-bond acceptors (Lipinski definition) is 3. The molecule has 0 saturated carbocycles. The van der Waals surface area contributed by atoms with Crippen molar-refractivity contribution in [3.8, 4) is 11.5 Å². The quantitative estimate of drug-likeness (QED) is 0.604. The van der Waals surface area contributed by atoms with Crippen LogP contribution in [0.2, 0.25) is 0 Å². The molecule has 0 radical (unpaired) electrons. The van der Waals surface area contributed by atoms with Gasteiger partial charge in [-0.2, -0.15) is 0 Å². The minimum absolute atomic E-state index is 0.241. The number of rotatable bonds is 7. The zero-order chi connectivity index (χ0) is 17.5. The molecule has 0 saturated heterocycles. The van der Waals surface area contributed by atoms with E-state index in [2.05, 4.69) is 0 Å². The van der Waals surface area contributed by atoms with Gasteiger partial charge in [0.2, 0.25) is 0 Å². The third-order valence-corrected chi connectivity index (χ3v) is 3.60. The maximum Gasteiger partial charge on any atom is 0.336 e. The van der Waals surface area contributed by atoms with E-state index < -0.39 is 5.97 Å². The van der Waals surface area contributed by atoms with Crippen molar-refractivity contribution < 1.29 is 19.4 Å². The Labute approximate surface area is 142 Å². The first-order chi connectivity index (χ1) is 11.5. The number of hydrogen-bond donors (Lipinski definition) is 1. The molecule has 0 aliphatic carbocycles. The average Bonchev–Trinajstić information content (AvgIpc) is 2.59. The Morgan fingerprint density at radius 1 is 1.17 bits per heavy atom. The number of benzene rings is 2. The minimum atomic E-state index is -0.965.